The summed E-state index contributed by atoms with van der Waals surface area (Å²) in [6, 6.07) is 11.6. The molecule has 2 aromatic carbocycles. The second-order valence-corrected chi connectivity index (χ2v) is 6.84. The second kappa shape index (κ2) is 8.08. The van der Waals surface area contributed by atoms with E-state index < -0.39 is 0 Å². The van der Waals surface area contributed by atoms with Crippen molar-refractivity contribution in [1.29, 1.82) is 0 Å². The Morgan fingerprint density at radius 1 is 0.963 bits per heavy atom. The quantitative estimate of drug-likeness (QED) is 0.693. The summed E-state index contributed by atoms with van der Waals surface area (Å²) in [5.74, 6) is -0.252. The number of nitrogens with one attached hydrogen (secondary N) is 2. The van der Waals surface area contributed by atoms with E-state index in [1.54, 1.807) is 6.26 Å². The van der Waals surface area contributed by atoms with Gasteiger partial charge in [0.1, 0.15) is 5.58 Å². The molecule has 5 heteroatoms. The van der Waals surface area contributed by atoms with E-state index in [4.69, 9.17) is 4.42 Å². The van der Waals surface area contributed by atoms with Gasteiger partial charge < -0.3 is 15.1 Å². The van der Waals surface area contributed by atoms with Gasteiger partial charge in [-0.1, -0.05) is 29.8 Å². The van der Waals surface area contributed by atoms with Crippen molar-refractivity contribution >= 4 is 28.5 Å². The third-order valence-corrected chi connectivity index (χ3v) is 4.70. The van der Waals surface area contributed by atoms with Gasteiger partial charge in [0.15, 0.2) is 0 Å². The molecule has 0 spiro atoms. The molecule has 0 aliphatic heterocycles. The summed E-state index contributed by atoms with van der Waals surface area (Å²) in [6.07, 6.45) is 2.10. The van der Waals surface area contributed by atoms with Crippen molar-refractivity contribution in [2.24, 2.45) is 0 Å². The van der Waals surface area contributed by atoms with Crippen molar-refractivity contribution < 1.29 is 14.0 Å². The molecular weight excluding hydrogens is 340 g/mol. The molecule has 3 rings (SSSR count). The summed E-state index contributed by atoms with van der Waals surface area (Å²) >= 11 is 0. The number of hydrogen-bond acceptors (Lipinski definition) is 3. The number of anilines is 1. The number of amides is 2. The number of fused-ring (bicyclic) bond motifs is 1. The number of furan rings is 1. The van der Waals surface area contributed by atoms with Crippen LogP contribution in [0.25, 0.3) is 11.0 Å². The summed E-state index contributed by atoms with van der Waals surface area (Å²) in [4.78, 5) is 24.2. The van der Waals surface area contributed by atoms with Gasteiger partial charge in [-0.3, -0.25) is 9.59 Å². The minimum atomic E-state index is -0.126. The van der Waals surface area contributed by atoms with Gasteiger partial charge in [-0.25, -0.2) is 0 Å². The molecule has 3 aromatic rings. The van der Waals surface area contributed by atoms with Crippen molar-refractivity contribution in [3.8, 4) is 0 Å². The van der Waals surface area contributed by atoms with Gasteiger partial charge in [0, 0.05) is 29.6 Å². The fourth-order valence-corrected chi connectivity index (χ4v) is 2.94. The van der Waals surface area contributed by atoms with Gasteiger partial charge in [-0.15, -0.1) is 0 Å². The van der Waals surface area contributed by atoms with Gasteiger partial charge in [0.2, 0.25) is 11.8 Å². The average Bonchev–Trinajstić information content (AvgIpc) is 3.03. The molecule has 5 nitrogen and oxygen atoms in total. The van der Waals surface area contributed by atoms with Gasteiger partial charge >= 0.3 is 0 Å². The minimum absolute atomic E-state index is 0.126. The van der Waals surface area contributed by atoms with Crippen LogP contribution in [0.5, 0.6) is 0 Å². The molecule has 2 N–H and O–H groups in total. The number of carbonyl (C=O) groups excluding carboxylic acids is 2. The molecule has 0 unspecified atom stereocenters. The van der Waals surface area contributed by atoms with Crippen molar-refractivity contribution in [2.75, 3.05) is 11.9 Å². The zero-order valence-electron chi connectivity index (χ0n) is 15.9. The molecule has 0 aliphatic carbocycles. The molecule has 0 fully saturated rings. The van der Waals surface area contributed by atoms with Crippen molar-refractivity contribution in [1.82, 2.24) is 5.32 Å². The first kappa shape index (κ1) is 18.7. The Labute approximate surface area is 158 Å². The predicted molar refractivity (Wildman–Crippen MR) is 107 cm³/mol. The van der Waals surface area contributed by atoms with Crippen LogP contribution in [0.15, 0.2) is 47.1 Å². The third-order valence-electron chi connectivity index (χ3n) is 4.70. The zero-order chi connectivity index (χ0) is 19.4. The monoisotopic (exact) mass is 364 g/mol. The first-order chi connectivity index (χ1) is 12.9. The molecule has 0 saturated carbocycles. The van der Waals surface area contributed by atoms with Crippen LogP contribution in [-0.4, -0.2) is 18.4 Å². The molecule has 27 heavy (non-hydrogen) atoms. The summed E-state index contributed by atoms with van der Waals surface area (Å²) in [5, 5.41) is 6.58. The molecule has 0 atom stereocenters. The Kier molecular flexibility index (Phi) is 5.60. The maximum absolute atomic E-state index is 12.2. The fourth-order valence-electron chi connectivity index (χ4n) is 2.94. The number of rotatable bonds is 6. The van der Waals surface area contributed by atoms with E-state index in [-0.39, 0.29) is 24.7 Å². The molecule has 140 valence electrons. The summed E-state index contributed by atoms with van der Waals surface area (Å²) in [7, 11) is 0. The zero-order valence-corrected chi connectivity index (χ0v) is 15.9. The highest BCUT2D eigenvalue weighted by atomic mass is 16.3. The molecule has 0 radical (unpaired) electrons. The van der Waals surface area contributed by atoms with Gasteiger partial charge in [0.05, 0.1) is 12.7 Å². The van der Waals surface area contributed by atoms with Crippen LogP contribution in [0.3, 0.4) is 0 Å². The van der Waals surface area contributed by atoms with E-state index in [2.05, 4.69) is 10.6 Å². The Balaban J connectivity index is 1.49. The van der Waals surface area contributed by atoms with Crippen LogP contribution >= 0.6 is 0 Å². The van der Waals surface area contributed by atoms with Crippen molar-refractivity contribution in [3.63, 3.8) is 0 Å². The lowest BCUT2D eigenvalue weighted by Crippen LogP contribution is -2.28. The van der Waals surface area contributed by atoms with Crippen LogP contribution in [0.4, 0.5) is 5.69 Å². The highest BCUT2D eigenvalue weighted by Gasteiger charge is 2.13. The standard InChI is InChI=1S/C22H24N2O3/c1-14-4-7-18(8-5-14)24-20(25)10-11-23-21(26)12-17-13-27-22-16(3)15(2)6-9-19(17)22/h4-9,13H,10-12H2,1-3H3,(H,23,26)(H,24,25). The second-order valence-electron chi connectivity index (χ2n) is 6.84. The summed E-state index contributed by atoms with van der Waals surface area (Å²) < 4.78 is 5.63. The molecule has 0 bridgehead atoms. The average molecular weight is 364 g/mol. The maximum atomic E-state index is 12.2. The smallest absolute Gasteiger partial charge is 0.226 e. The normalized spacial score (nSPS) is 10.8. The Morgan fingerprint density at radius 3 is 2.44 bits per heavy atom. The van der Waals surface area contributed by atoms with E-state index in [1.807, 2.05) is 57.2 Å². The van der Waals surface area contributed by atoms with Crippen LogP contribution in [0.2, 0.25) is 0 Å². The third kappa shape index (κ3) is 4.56. The largest absolute Gasteiger partial charge is 0.464 e. The molecule has 2 amide bonds. The molecule has 0 saturated heterocycles. The number of aryl methyl sites for hydroxylation is 3. The molecule has 1 heterocycles. The van der Waals surface area contributed by atoms with E-state index >= 15 is 0 Å². The topological polar surface area (TPSA) is 71.3 Å². The molecular formula is C22H24N2O3. The van der Waals surface area contributed by atoms with E-state index in [9.17, 15) is 9.59 Å². The number of carbonyl (C=O) groups is 2. The highest BCUT2D eigenvalue weighted by Crippen LogP contribution is 2.26. The number of benzene rings is 2. The Bertz CT molecular complexity index is 971. The molecule has 0 aliphatic rings. The lowest BCUT2D eigenvalue weighted by Gasteiger charge is -2.07. The van der Waals surface area contributed by atoms with Gasteiger partial charge in [-0.2, -0.15) is 0 Å². The van der Waals surface area contributed by atoms with Crippen LogP contribution in [0.1, 0.15) is 28.7 Å². The first-order valence-corrected chi connectivity index (χ1v) is 9.03. The lowest BCUT2D eigenvalue weighted by molar-refractivity contribution is -0.120. The minimum Gasteiger partial charge on any atom is -0.464 e. The van der Waals surface area contributed by atoms with E-state index in [0.29, 0.717) is 6.54 Å². The first-order valence-electron chi connectivity index (χ1n) is 9.03. The fraction of sp³-hybridized carbons (Fsp3) is 0.273. The predicted octanol–water partition coefficient (Wildman–Crippen LogP) is 4.05. The summed E-state index contributed by atoms with van der Waals surface area (Å²) in [5.41, 5.74) is 5.83. The maximum Gasteiger partial charge on any atom is 0.226 e. The summed E-state index contributed by atoms with van der Waals surface area (Å²) in [6.45, 7) is 6.33. The lowest BCUT2D eigenvalue weighted by atomic mass is 10.0. The van der Waals surface area contributed by atoms with Crippen LogP contribution in [0, 0.1) is 20.8 Å². The SMILES string of the molecule is Cc1ccc(NC(=O)CCNC(=O)Cc2coc3c(C)c(C)ccc23)cc1. The highest BCUT2D eigenvalue weighted by molar-refractivity contribution is 5.92. The number of hydrogen-bond donors (Lipinski definition) is 2. The Morgan fingerprint density at radius 2 is 1.70 bits per heavy atom. The van der Waals surface area contributed by atoms with Crippen molar-refractivity contribution in [3.05, 3.63) is 64.9 Å². The molecule has 1 aromatic heterocycles. The van der Waals surface area contributed by atoms with E-state index in [1.165, 1.54) is 0 Å². The van der Waals surface area contributed by atoms with Crippen LogP contribution < -0.4 is 10.6 Å². The Hall–Kier alpha value is -3.08. The van der Waals surface area contributed by atoms with E-state index in [0.717, 1.165) is 38.9 Å². The van der Waals surface area contributed by atoms with Gasteiger partial charge in [-0.05, 0) is 44.0 Å². The van der Waals surface area contributed by atoms with Crippen molar-refractivity contribution in [2.45, 2.75) is 33.6 Å². The van der Waals surface area contributed by atoms with Gasteiger partial charge in [0.25, 0.3) is 0 Å². The van der Waals surface area contributed by atoms with Crippen LogP contribution in [-0.2, 0) is 16.0 Å².